The SMILES string of the molecule is O=C(O)CN1C(=O)C2(COc3cc4c(cc32)CCC4)C2=CC=CCC21. The van der Waals surface area contributed by atoms with Crippen LogP contribution in [0.2, 0.25) is 0 Å². The van der Waals surface area contributed by atoms with E-state index in [1.807, 2.05) is 18.2 Å². The number of carbonyl (C=O) groups excluding carboxylic acids is 1. The zero-order valence-corrected chi connectivity index (χ0v) is 13.8. The van der Waals surface area contributed by atoms with Crippen LogP contribution in [0.25, 0.3) is 0 Å². The monoisotopic (exact) mass is 337 g/mol. The number of allylic oxidation sites excluding steroid dienone is 2. The van der Waals surface area contributed by atoms with Gasteiger partial charge in [-0.05, 0) is 48.4 Å². The minimum atomic E-state index is -0.979. The molecule has 0 saturated carbocycles. The lowest BCUT2D eigenvalue weighted by atomic mass is 9.73. The van der Waals surface area contributed by atoms with Gasteiger partial charge in [-0.3, -0.25) is 9.59 Å². The summed E-state index contributed by atoms with van der Waals surface area (Å²) in [5, 5.41) is 9.27. The largest absolute Gasteiger partial charge is 0.491 e. The van der Waals surface area contributed by atoms with Crippen LogP contribution >= 0.6 is 0 Å². The Bertz CT molecular complexity index is 869. The molecule has 2 unspecified atom stereocenters. The molecule has 5 heteroatoms. The number of nitrogens with zero attached hydrogens (tertiary/aromatic N) is 1. The van der Waals surface area contributed by atoms with Crippen molar-refractivity contribution in [3.05, 3.63) is 52.6 Å². The average molecular weight is 337 g/mol. The summed E-state index contributed by atoms with van der Waals surface area (Å²) in [5.41, 5.74) is 3.68. The number of rotatable bonds is 2. The summed E-state index contributed by atoms with van der Waals surface area (Å²) >= 11 is 0. The van der Waals surface area contributed by atoms with Gasteiger partial charge >= 0.3 is 5.97 Å². The molecule has 5 nitrogen and oxygen atoms in total. The molecule has 1 fully saturated rings. The van der Waals surface area contributed by atoms with Crippen LogP contribution in [0.4, 0.5) is 0 Å². The van der Waals surface area contributed by atoms with Gasteiger partial charge in [0.2, 0.25) is 5.91 Å². The number of ether oxygens (including phenoxy) is 1. The van der Waals surface area contributed by atoms with E-state index in [4.69, 9.17) is 4.74 Å². The van der Waals surface area contributed by atoms with E-state index in [9.17, 15) is 14.7 Å². The maximum absolute atomic E-state index is 13.4. The average Bonchev–Trinajstić information content (AvgIpc) is 3.26. The predicted octanol–water partition coefficient (Wildman–Crippen LogP) is 1.99. The summed E-state index contributed by atoms with van der Waals surface area (Å²) in [6, 6.07) is 4.05. The number of aryl methyl sites for hydroxylation is 2. The molecule has 1 N–H and O–H groups in total. The van der Waals surface area contributed by atoms with Crippen LogP contribution in [0.3, 0.4) is 0 Å². The van der Waals surface area contributed by atoms with E-state index in [0.29, 0.717) is 6.42 Å². The van der Waals surface area contributed by atoms with Gasteiger partial charge in [-0.1, -0.05) is 24.3 Å². The topological polar surface area (TPSA) is 66.8 Å². The second-order valence-electron chi connectivity index (χ2n) is 7.29. The number of likely N-dealkylation sites (tertiary alicyclic amines) is 1. The van der Waals surface area contributed by atoms with Crippen LogP contribution in [0, 0.1) is 0 Å². The van der Waals surface area contributed by atoms with Crippen molar-refractivity contribution in [3.8, 4) is 5.75 Å². The van der Waals surface area contributed by atoms with Crippen LogP contribution in [-0.2, 0) is 27.8 Å². The number of carboxylic acids is 1. The molecule has 1 saturated heterocycles. The van der Waals surface area contributed by atoms with E-state index < -0.39 is 11.4 Å². The lowest BCUT2D eigenvalue weighted by molar-refractivity contribution is -0.145. The molecule has 4 aliphatic rings. The molecule has 0 radical (unpaired) electrons. The first-order chi connectivity index (χ1) is 12.1. The summed E-state index contributed by atoms with van der Waals surface area (Å²) in [6.07, 6.45) is 9.84. The minimum Gasteiger partial charge on any atom is -0.491 e. The lowest BCUT2D eigenvalue weighted by Gasteiger charge is -2.24. The van der Waals surface area contributed by atoms with Gasteiger partial charge in [0.1, 0.15) is 24.3 Å². The fourth-order valence-electron chi connectivity index (χ4n) is 4.91. The summed E-state index contributed by atoms with van der Waals surface area (Å²) in [5.74, 6) is -0.320. The molecule has 25 heavy (non-hydrogen) atoms. The van der Waals surface area contributed by atoms with Crippen molar-refractivity contribution < 1.29 is 19.4 Å². The Morgan fingerprint density at radius 3 is 2.92 bits per heavy atom. The molecule has 2 atom stereocenters. The molecule has 2 aliphatic heterocycles. The standard InChI is InChI=1S/C20H19NO4/c22-18(23)10-21-16-7-2-1-6-14(16)20(19(21)24)11-25-17-9-13-5-3-4-12(13)8-15(17)20/h1-2,6,8-9,16H,3-5,7,10-11H2,(H,22,23). The number of benzene rings is 1. The van der Waals surface area contributed by atoms with Gasteiger partial charge in [0.15, 0.2) is 0 Å². The molecular weight excluding hydrogens is 318 g/mol. The van der Waals surface area contributed by atoms with Crippen LogP contribution in [0.5, 0.6) is 5.75 Å². The molecular formula is C20H19NO4. The highest BCUT2D eigenvalue weighted by molar-refractivity contribution is 5.99. The number of fused-ring (bicyclic) bond motifs is 5. The molecule has 2 heterocycles. The lowest BCUT2D eigenvalue weighted by Crippen LogP contribution is -2.42. The summed E-state index contributed by atoms with van der Waals surface area (Å²) < 4.78 is 5.97. The minimum absolute atomic E-state index is 0.133. The summed E-state index contributed by atoms with van der Waals surface area (Å²) in [7, 11) is 0. The molecule has 1 aromatic carbocycles. The third kappa shape index (κ3) is 1.84. The summed E-state index contributed by atoms with van der Waals surface area (Å²) in [4.78, 5) is 26.2. The van der Waals surface area contributed by atoms with Crippen molar-refractivity contribution in [2.75, 3.05) is 13.2 Å². The van der Waals surface area contributed by atoms with Gasteiger partial charge in [-0.25, -0.2) is 0 Å². The normalized spacial score (nSPS) is 28.6. The fourth-order valence-corrected chi connectivity index (χ4v) is 4.91. The molecule has 0 aromatic heterocycles. The van der Waals surface area contributed by atoms with E-state index in [1.165, 1.54) is 16.0 Å². The van der Waals surface area contributed by atoms with E-state index in [-0.39, 0.29) is 25.1 Å². The Morgan fingerprint density at radius 2 is 2.12 bits per heavy atom. The highest BCUT2D eigenvalue weighted by Crippen LogP contribution is 2.53. The Morgan fingerprint density at radius 1 is 1.32 bits per heavy atom. The van der Waals surface area contributed by atoms with Crippen LogP contribution in [-0.4, -0.2) is 41.1 Å². The van der Waals surface area contributed by atoms with Crippen molar-refractivity contribution >= 4 is 11.9 Å². The van der Waals surface area contributed by atoms with Crippen molar-refractivity contribution in [3.63, 3.8) is 0 Å². The Labute approximate surface area is 145 Å². The summed E-state index contributed by atoms with van der Waals surface area (Å²) in [6.45, 7) is 0.00700. The van der Waals surface area contributed by atoms with Crippen molar-refractivity contribution in [2.45, 2.75) is 37.1 Å². The number of hydrogen-bond donors (Lipinski definition) is 1. The van der Waals surface area contributed by atoms with Crippen LogP contribution in [0.15, 0.2) is 35.9 Å². The van der Waals surface area contributed by atoms with Gasteiger partial charge in [0, 0.05) is 5.56 Å². The van der Waals surface area contributed by atoms with Gasteiger partial charge < -0.3 is 14.7 Å². The quantitative estimate of drug-likeness (QED) is 0.896. The van der Waals surface area contributed by atoms with Gasteiger partial charge in [0.05, 0.1) is 6.04 Å². The first-order valence-corrected chi connectivity index (χ1v) is 8.80. The number of carbonyl (C=O) groups is 2. The Kier molecular flexibility index (Phi) is 2.94. The second kappa shape index (κ2) is 4.97. The maximum atomic E-state index is 13.4. The first kappa shape index (κ1) is 14.8. The van der Waals surface area contributed by atoms with E-state index in [0.717, 1.165) is 36.1 Å². The van der Waals surface area contributed by atoms with E-state index in [1.54, 1.807) is 0 Å². The smallest absolute Gasteiger partial charge is 0.323 e. The Hall–Kier alpha value is -2.56. The van der Waals surface area contributed by atoms with E-state index in [2.05, 4.69) is 12.1 Å². The van der Waals surface area contributed by atoms with E-state index >= 15 is 0 Å². The molecule has 1 aromatic rings. The van der Waals surface area contributed by atoms with Crippen LogP contribution in [0.1, 0.15) is 29.5 Å². The zero-order chi connectivity index (χ0) is 17.2. The second-order valence-corrected chi connectivity index (χ2v) is 7.29. The third-order valence-corrected chi connectivity index (χ3v) is 6.03. The van der Waals surface area contributed by atoms with Crippen LogP contribution < -0.4 is 4.74 Å². The third-order valence-electron chi connectivity index (χ3n) is 6.03. The molecule has 128 valence electrons. The highest BCUT2D eigenvalue weighted by atomic mass is 16.5. The fraction of sp³-hybridized carbons (Fsp3) is 0.400. The van der Waals surface area contributed by atoms with Gasteiger partial charge in [0.25, 0.3) is 0 Å². The predicted molar refractivity (Wildman–Crippen MR) is 90.6 cm³/mol. The van der Waals surface area contributed by atoms with Crippen molar-refractivity contribution in [2.24, 2.45) is 0 Å². The molecule has 1 amide bonds. The van der Waals surface area contributed by atoms with Crippen molar-refractivity contribution in [1.82, 2.24) is 4.90 Å². The van der Waals surface area contributed by atoms with Crippen molar-refractivity contribution in [1.29, 1.82) is 0 Å². The Balaban J connectivity index is 1.69. The molecule has 0 bridgehead atoms. The van der Waals surface area contributed by atoms with Gasteiger partial charge in [-0.15, -0.1) is 0 Å². The number of hydrogen-bond acceptors (Lipinski definition) is 3. The number of aliphatic carboxylic acids is 1. The number of amides is 1. The zero-order valence-electron chi connectivity index (χ0n) is 13.8. The van der Waals surface area contributed by atoms with Gasteiger partial charge in [-0.2, -0.15) is 0 Å². The highest BCUT2D eigenvalue weighted by Gasteiger charge is 2.60. The maximum Gasteiger partial charge on any atom is 0.323 e. The molecule has 2 aliphatic carbocycles. The number of carboxylic acid groups (broad SMARTS) is 1. The molecule has 1 spiro atoms. The first-order valence-electron chi connectivity index (χ1n) is 8.80. The molecule has 5 rings (SSSR count).